The summed E-state index contributed by atoms with van der Waals surface area (Å²) in [6.07, 6.45) is 46.8. The molecule has 0 aliphatic heterocycles. The van der Waals surface area contributed by atoms with Crippen LogP contribution in [0.2, 0.25) is 12.1 Å². The number of rotatable bonds is 8. The number of hydrogen-bond donors (Lipinski definition) is 0. The van der Waals surface area contributed by atoms with Crippen LogP contribution in [-0.4, -0.2) is 9.52 Å². The molecule has 0 aromatic rings. The molecule has 0 bridgehead atoms. The second-order valence-corrected chi connectivity index (χ2v) is 17.9. The third-order valence-electron chi connectivity index (χ3n) is 14.0. The number of hydrogen-bond acceptors (Lipinski definition) is 0. The lowest BCUT2D eigenvalue weighted by Gasteiger charge is -2.39. The minimum absolute atomic E-state index is 0.914. The normalized spacial score (nSPS) is 36.9. The minimum Gasteiger partial charge on any atom is -0.0817 e. The van der Waals surface area contributed by atoms with Crippen LogP contribution in [0.25, 0.3) is 0 Å². The fourth-order valence-corrected chi connectivity index (χ4v) is 12.3. The Morgan fingerprint density at radius 1 is 0.381 bits per heavy atom. The van der Waals surface area contributed by atoms with Gasteiger partial charge in [-0.15, -0.1) is 0 Å². The van der Waals surface area contributed by atoms with Crippen LogP contribution in [-0.2, 0) is 0 Å². The summed E-state index contributed by atoms with van der Waals surface area (Å²) in [7, 11) is 1.18. The molecule has 0 heterocycles. The molecule has 0 unspecified atom stereocenters. The zero-order valence-electron chi connectivity index (χ0n) is 27.9. The monoisotopic (exact) mass is 589 g/mol. The summed E-state index contributed by atoms with van der Waals surface area (Å²) in [4.78, 5) is 0. The first kappa shape index (κ1) is 31.7. The van der Waals surface area contributed by atoms with Crippen LogP contribution in [0.4, 0.5) is 0 Å². The molecule has 2 radical (unpaired) electrons. The van der Waals surface area contributed by atoms with Gasteiger partial charge in [-0.2, -0.15) is 0 Å². The molecule has 6 aliphatic carbocycles. The third-order valence-corrected chi connectivity index (χ3v) is 15.4. The van der Waals surface area contributed by atoms with Crippen molar-refractivity contribution in [2.24, 2.45) is 47.3 Å². The zero-order valence-corrected chi connectivity index (χ0v) is 28.9. The van der Waals surface area contributed by atoms with Crippen molar-refractivity contribution in [2.45, 2.75) is 185 Å². The van der Waals surface area contributed by atoms with Crippen molar-refractivity contribution in [1.82, 2.24) is 0 Å². The third kappa shape index (κ3) is 8.49. The van der Waals surface area contributed by atoms with Gasteiger partial charge < -0.3 is 0 Å². The van der Waals surface area contributed by atoms with E-state index in [2.05, 4.69) is 18.7 Å². The van der Waals surface area contributed by atoms with Gasteiger partial charge in [0.1, 0.15) is 0 Å². The first-order valence-electron chi connectivity index (χ1n) is 19.9. The molecular weight excluding hydrogens is 521 g/mol. The first-order valence-corrected chi connectivity index (χ1v) is 21.4. The Balaban J connectivity index is 1.02. The van der Waals surface area contributed by atoms with Gasteiger partial charge in [0.25, 0.3) is 0 Å². The van der Waals surface area contributed by atoms with Gasteiger partial charge in [-0.05, 0) is 156 Å². The minimum atomic E-state index is 0.914. The van der Waals surface area contributed by atoms with Gasteiger partial charge in [-0.25, -0.2) is 0 Å². The van der Waals surface area contributed by atoms with Crippen molar-refractivity contribution in [3.63, 3.8) is 0 Å². The average Bonchev–Trinajstić information content (AvgIpc) is 3.08. The molecule has 0 N–H and O–H groups in total. The summed E-state index contributed by atoms with van der Waals surface area (Å²) in [5.74, 6) is 7.76. The highest BCUT2D eigenvalue weighted by molar-refractivity contribution is 6.35. The quantitative estimate of drug-likeness (QED) is 0.195. The van der Waals surface area contributed by atoms with Gasteiger partial charge >= 0.3 is 0 Å². The molecule has 6 rings (SSSR count). The molecule has 0 aromatic heterocycles. The highest BCUT2D eigenvalue weighted by Gasteiger charge is 2.34. The van der Waals surface area contributed by atoms with Crippen molar-refractivity contribution in [2.75, 3.05) is 0 Å². The lowest BCUT2D eigenvalue weighted by molar-refractivity contribution is 0.165. The summed E-state index contributed by atoms with van der Waals surface area (Å²) in [5, 5.41) is 0. The van der Waals surface area contributed by atoms with Crippen LogP contribution in [0.1, 0.15) is 173 Å². The van der Waals surface area contributed by atoms with Gasteiger partial charge in [-0.3, -0.25) is 0 Å². The van der Waals surface area contributed by atoms with Crippen LogP contribution in [0, 0.1) is 47.3 Å². The zero-order chi connectivity index (χ0) is 28.6. The topological polar surface area (TPSA) is 0 Å². The van der Waals surface area contributed by atoms with Crippen LogP contribution in [0.3, 0.4) is 0 Å². The fraction of sp³-hybridized carbons (Fsp3) is 0.902. The Bertz CT molecular complexity index is 806. The van der Waals surface area contributed by atoms with E-state index in [4.69, 9.17) is 0 Å². The lowest BCUT2D eigenvalue weighted by atomic mass is 9.67. The van der Waals surface area contributed by atoms with Gasteiger partial charge in [-0.1, -0.05) is 100 Å². The predicted molar refractivity (Wildman–Crippen MR) is 184 cm³/mol. The summed E-state index contributed by atoms with van der Waals surface area (Å²) in [5.41, 5.74) is 5.04. The smallest absolute Gasteiger partial charge is 0.0378 e. The average molecular weight is 589 g/mol. The van der Waals surface area contributed by atoms with E-state index in [-0.39, 0.29) is 0 Å². The Morgan fingerprint density at radius 3 is 1.05 bits per heavy atom. The molecule has 0 aromatic carbocycles. The van der Waals surface area contributed by atoms with Crippen molar-refractivity contribution >= 4 is 9.52 Å². The fourth-order valence-electron chi connectivity index (χ4n) is 11.3. The van der Waals surface area contributed by atoms with Crippen LogP contribution in [0.15, 0.2) is 23.3 Å². The summed E-state index contributed by atoms with van der Waals surface area (Å²) < 4.78 is 0. The van der Waals surface area contributed by atoms with E-state index >= 15 is 0 Å². The van der Waals surface area contributed by atoms with Gasteiger partial charge in [0.15, 0.2) is 0 Å². The van der Waals surface area contributed by atoms with E-state index in [1.165, 1.54) is 157 Å². The van der Waals surface area contributed by atoms with E-state index in [1.807, 2.05) is 11.1 Å². The van der Waals surface area contributed by atoms with Crippen molar-refractivity contribution in [3.05, 3.63) is 23.3 Å². The Kier molecular flexibility index (Phi) is 12.3. The SMILES string of the molecule is C[Si]C1CCC(C(=CC2CCC(C3CCC(C=C(C4CCCCC4)C4CCCCC4)CC3)CC2)C2CCCCC2)CC1. The molecule has 236 valence electrons. The largest absolute Gasteiger partial charge is 0.0817 e. The number of allylic oxidation sites excluding steroid dienone is 4. The van der Waals surface area contributed by atoms with Gasteiger partial charge in [0.05, 0.1) is 0 Å². The molecule has 6 fully saturated rings. The molecular formula is C41H68Si. The predicted octanol–water partition coefficient (Wildman–Crippen LogP) is 12.9. The van der Waals surface area contributed by atoms with Crippen LogP contribution < -0.4 is 0 Å². The van der Waals surface area contributed by atoms with Crippen molar-refractivity contribution in [1.29, 1.82) is 0 Å². The second-order valence-electron chi connectivity index (χ2n) is 16.5. The molecule has 0 amide bonds. The maximum atomic E-state index is 2.95. The summed E-state index contributed by atoms with van der Waals surface area (Å²) in [6.45, 7) is 2.46. The van der Waals surface area contributed by atoms with Crippen molar-refractivity contribution < 1.29 is 0 Å². The molecule has 1 heteroatoms. The molecule has 0 nitrogen and oxygen atoms in total. The molecule has 0 atom stereocenters. The molecule has 42 heavy (non-hydrogen) atoms. The Labute approximate surface area is 264 Å². The highest BCUT2D eigenvalue weighted by atomic mass is 28.2. The van der Waals surface area contributed by atoms with E-state index < -0.39 is 0 Å². The van der Waals surface area contributed by atoms with Crippen LogP contribution in [0.5, 0.6) is 0 Å². The Morgan fingerprint density at radius 2 is 0.714 bits per heavy atom. The van der Waals surface area contributed by atoms with E-state index in [0.29, 0.717) is 0 Å². The van der Waals surface area contributed by atoms with Crippen molar-refractivity contribution in [3.8, 4) is 0 Å². The van der Waals surface area contributed by atoms with E-state index in [0.717, 1.165) is 52.9 Å². The Hall–Kier alpha value is -0.303. The van der Waals surface area contributed by atoms with Gasteiger partial charge in [0.2, 0.25) is 0 Å². The first-order chi connectivity index (χ1) is 20.8. The molecule has 6 aliphatic rings. The molecule has 0 saturated heterocycles. The van der Waals surface area contributed by atoms with Crippen LogP contribution >= 0.6 is 0 Å². The maximum Gasteiger partial charge on any atom is 0.0378 e. The van der Waals surface area contributed by atoms with Gasteiger partial charge in [0, 0.05) is 9.52 Å². The molecule has 6 saturated carbocycles. The highest BCUT2D eigenvalue weighted by Crippen LogP contribution is 2.47. The second kappa shape index (κ2) is 16.3. The van der Waals surface area contributed by atoms with E-state index in [1.54, 1.807) is 25.7 Å². The lowest BCUT2D eigenvalue weighted by Crippen LogP contribution is -2.27. The summed E-state index contributed by atoms with van der Waals surface area (Å²) >= 11 is 0. The van der Waals surface area contributed by atoms with E-state index in [9.17, 15) is 0 Å². The summed E-state index contributed by atoms with van der Waals surface area (Å²) in [6, 6.07) is 0. The standard InChI is InChI=1S/C41H68Si/c1-42-39-27-25-38(26-28-39)41(37-15-9-4-10-16-37)30-32-19-23-34(24-20-32)33-21-17-31(18-22-33)29-40(35-11-5-2-6-12-35)36-13-7-3-8-14-36/h29-39H,2-28H2,1H3. The maximum absolute atomic E-state index is 2.95. The molecule has 0 spiro atoms.